The van der Waals surface area contributed by atoms with Gasteiger partial charge in [0.05, 0.1) is 28.9 Å². The summed E-state index contributed by atoms with van der Waals surface area (Å²) < 4.78 is 46.9. The Morgan fingerprint density at radius 2 is 1.20 bits per heavy atom. The van der Waals surface area contributed by atoms with Crippen LogP contribution in [0.3, 0.4) is 0 Å². The van der Waals surface area contributed by atoms with Gasteiger partial charge in [-0.05, 0) is 70.2 Å². The second-order valence-corrected chi connectivity index (χ2v) is 11.5. The van der Waals surface area contributed by atoms with E-state index in [0.717, 1.165) is 54.7 Å². The molecule has 6 aromatic carbocycles. The minimum Gasteiger partial charge on any atom is -0.309 e. The van der Waals surface area contributed by atoms with Gasteiger partial charge in [0, 0.05) is 32.9 Å². The van der Waals surface area contributed by atoms with Gasteiger partial charge < -0.3 is 9.13 Å². The molecule has 2 nitrogen and oxygen atoms in total. The quantitative estimate of drug-likeness (QED) is 0.215. The largest absolute Gasteiger partial charge is 0.309 e. The lowest BCUT2D eigenvalue weighted by atomic mass is 9.87. The molecule has 0 bridgehead atoms. The molecule has 0 spiro atoms. The van der Waals surface area contributed by atoms with Crippen molar-refractivity contribution >= 4 is 54.4 Å². The van der Waals surface area contributed by atoms with Crippen molar-refractivity contribution in [3.05, 3.63) is 133 Å². The van der Waals surface area contributed by atoms with Gasteiger partial charge in [0.2, 0.25) is 0 Å². The van der Waals surface area contributed by atoms with Gasteiger partial charge in [0.25, 0.3) is 0 Å². The van der Waals surface area contributed by atoms with Crippen molar-refractivity contribution in [1.82, 2.24) is 9.13 Å². The highest BCUT2D eigenvalue weighted by Crippen LogP contribution is 2.42. The molecular formula is C38H30N2. The van der Waals surface area contributed by atoms with Gasteiger partial charge in [-0.3, -0.25) is 0 Å². The number of hydrogen-bond donors (Lipinski definition) is 0. The van der Waals surface area contributed by atoms with Gasteiger partial charge in [-0.2, -0.15) is 0 Å². The summed E-state index contributed by atoms with van der Waals surface area (Å²) >= 11 is 0. The van der Waals surface area contributed by atoms with E-state index in [1.54, 1.807) is 0 Å². The van der Waals surface area contributed by atoms with Crippen LogP contribution in [0.5, 0.6) is 0 Å². The van der Waals surface area contributed by atoms with Crippen LogP contribution in [0.4, 0.5) is 0 Å². The summed E-state index contributed by atoms with van der Waals surface area (Å²) in [5.41, 5.74) is 6.08. The number of hydrogen-bond acceptors (Lipinski definition) is 0. The van der Waals surface area contributed by atoms with Crippen molar-refractivity contribution in [2.24, 2.45) is 0 Å². The molecule has 192 valence electrons. The molecule has 2 heterocycles. The zero-order valence-corrected chi connectivity index (χ0v) is 22.6. The Bertz CT molecular complexity index is 2490. The van der Waals surface area contributed by atoms with Crippen molar-refractivity contribution in [1.29, 1.82) is 0 Å². The molecule has 0 aliphatic carbocycles. The molecule has 2 aromatic heterocycles. The summed E-state index contributed by atoms with van der Waals surface area (Å²) in [5.74, 6) is 0. The van der Waals surface area contributed by atoms with Gasteiger partial charge in [-0.15, -0.1) is 0 Å². The van der Waals surface area contributed by atoms with E-state index in [1.807, 2.05) is 28.8 Å². The van der Waals surface area contributed by atoms with Gasteiger partial charge in [-0.1, -0.05) is 99.6 Å². The van der Waals surface area contributed by atoms with Crippen LogP contribution in [0, 0.1) is 0 Å². The normalized spacial score (nSPS) is 14.1. The molecular weight excluding hydrogens is 484 g/mol. The average Bonchev–Trinajstić information content (AvgIpc) is 3.54. The van der Waals surface area contributed by atoms with Crippen molar-refractivity contribution in [2.45, 2.75) is 26.2 Å². The smallest absolute Gasteiger partial charge is 0.0645 e. The van der Waals surface area contributed by atoms with Crippen molar-refractivity contribution in [3.63, 3.8) is 0 Å². The number of nitrogens with zero attached hydrogens (tertiary/aromatic N) is 2. The molecule has 0 unspecified atom stereocenters. The highest BCUT2D eigenvalue weighted by Gasteiger charge is 2.20. The molecule has 8 rings (SSSR count). The minimum atomic E-state index is -0.400. The van der Waals surface area contributed by atoms with E-state index in [1.165, 1.54) is 10.9 Å². The zero-order chi connectivity index (χ0) is 31.4. The van der Waals surface area contributed by atoms with Crippen LogP contribution < -0.4 is 0 Å². The third kappa shape index (κ3) is 3.29. The molecule has 0 aliphatic heterocycles. The fraction of sp³-hybridized carbons (Fsp3) is 0.105. The van der Waals surface area contributed by atoms with Crippen LogP contribution in [0.1, 0.15) is 33.2 Å². The monoisotopic (exact) mass is 519 g/mol. The van der Waals surface area contributed by atoms with Crippen LogP contribution in [0.15, 0.2) is 127 Å². The highest BCUT2D eigenvalue weighted by molar-refractivity contribution is 6.25. The fourth-order valence-electron chi connectivity index (χ4n) is 6.23. The second-order valence-electron chi connectivity index (χ2n) is 11.5. The number of rotatable bonds is 2. The van der Waals surface area contributed by atoms with Gasteiger partial charge in [0.1, 0.15) is 0 Å². The molecule has 2 heteroatoms. The summed E-state index contributed by atoms with van der Waals surface area (Å²) in [5, 5.41) is 6.49. The Morgan fingerprint density at radius 3 is 1.98 bits per heavy atom. The van der Waals surface area contributed by atoms with E-state index in [4.69, 9.17) is 6.85 Å². The van der Waals surface area contributed by atoms with Crippen molar-refractivity contribution in [2.75, 3.05) is 0 Å². The van der Waals surface area contributed by atoms with E-state index < -0.39 is 6.04 Å². The van der Waals surface area contributed by atoms with Crippen LogP contribution in [-0.2, 0) is 5.41 Å². The Balaban J connectivity index is 1.58. The molecule has 0 fully saturated rings. The predicted molar refractivity (Wildman–Crippen MR) is 171 cm³/mol. The lowest BCUT2D eigenvalue weighted by Crippen LogP contribution is -2.10. The maximum absolute atomic E-state index is 8.85. The first-order chi connectivity index (χ1) is 21.6. The first kappa shape index (κ1) is 18.5. The molecule has 0 saturated carbocycles. The summed E-state index contributed by atoms with van der Waals surface area (Å²) in [7, 11) is 0. The van der Waals surface area contributed by atoms with Crippen LogP contribution in [-0.4, -0.2) is 9.13 Å². The first-order valence-corrected chi connectivity index (χ1v) is 13.6. The molecule has 0 radical (unpaired) electrons. The van der Waals surface area contributed by atoms with Crippen LogP contribution >= 0.6 is 0 Å². The van der Waals surface area contributed by atoms with E-state index >= 15 is 0 Å². The molecule has 0 N–H and O–H groups in total. The standard InChI is InChI=1S/C38H30N2/c1-38(2,3)26-18-20-28(21-19-26)40-34-22-17-25-11-7-8-14-29(25)37(34)32-23-31-30-15-9-10-16-33(30)39(35(31)24-36(32)40)27-12-5-4-6-13-27/h4-24H,1-3H3/i4D,5D,6D,12D,13D. The Kier molecular flexibility index (Phi) is 3.85. The van der Waals surface area contributed by atoms with Crippen molar-refractivity contribution < 1.29 is 6.85 Å². The number of aromatic nitrogens is 2. The number of fused-ring (bicyclic) bond motifs is 8. The number of benzene rings is 6. The highest BCUT2D eigenvalue weighted by atomic mass is 15.0. The lowest BCUT2D eigenvalue weighted by Gasteiger charge is -2.19. The summed E-state index contributed by atoms with van der Waals surface area (Å²) in [6.45, 7) is 6.63. The topological polar surface area (TPSA) is 9.86 Å². The van der Waals surface area contributed by atoms with E-state index in [0.29, 0.717) is 0 Å². The first-order valence-electron chi connectivity index (χ1n) is 16.1. The maximum Gasteiger partial charge on any atom is 0.0645 e. The average molecular weight is 520 g/mol. The SMILES string of the molecule is [2H]c1c([2H])c([2H])c(-n2c3ccccc3c3cc4c5c6ccccc6ccc5n(-c5ccc(C(C)(C)C)cc5)c4cc32)c([2H])c1[2H]. The molecule has 0 saturated heterocycles. The Morgan fingerprint density at radius 1 is 0.525 bits per heavy atom. The van der Waals surface area contributed by atoms with E-state index in [9.17, 15) is 0 Å². The zero-order valence-electron chi connectivity index (χ0n) is 27.6. The summed E-state index contributed by atoms with van der Waals surface area (Å²) in [6.07, 6.45) is 0. The Hall–Kier alpha value is -4.82. The molecule has 8 aromatic rings. The third-order valence-electron chi connectivity index (χ3n) is 8.15. The lowest BCUT2D eigenvalue weighted by molar-refractivity contribution is 0.590. The molecule has 0 amide bonds. The molecule has 0 aliphatic rings. The maximum atomic E-state index is 8.85. The third-order valence-corrected chi connectivity index (χ3v) is 8.15. The Labute approximate surface area is 240 Å². The minimum absolute atomic E-state index is 0.0204. The van der Waals surface area contributed by atoms with Crippen molar-refractivity contribution in [3.8, 4) is 11.4 Å². The number of para-hydroxylation sites is 2. The van der Waals surface area contributed by atoms with Gasteiger partial charge in [0.15, 0.2) is 0 Å². The van der Waals surface area contributed by atoms with E-state index in [2.05, 4.69) is 98.1 Å². The molecule has 40 heavy (non-hydrogen) atoms. The fourth-order valence-corrected chi connectivity index (χ4v) is 6.23. The second kappa shape index (κ2) is 8.34. The summed E-state index contributed by atoms with van der Waals surface area (Å²) in [4.78, 5) is 0. The van der Waals surface area contributed by atoms with Crippen LogP contribution in [0.25, 0.3) is 65.8 Å². The van der Waals surface area contributed by atoms with E-state index in [-0.39, 0.29) is 35.3 Å². The van der Waals surface area contributed by atoms with Gasteiger partial charge in [-0.25, -0.2) is 0 Å². The predicted octanol–water partition coefficient (Wildman–Crippen LogP) is 10.3. The molecule has 0 atom stereocenters. The van der Waals surface area contributed by atoms with Gasteiger partial charge >= 0.3 is 0 Å². The van der Waals surface area contributed by atoms with Crippen LogP contribution in [0.2, 0.25) is 0 Å². The summed E-state index contributed by atoms with van der Waals surface area (Å²) in [6, 6.07) is 32.2.